The van der Waals surface area contributed by atoms with Gasteiger partial charge in [0, 0.05) is 68.0 Å². The van der Waals surface area contributed by atoms with Crippen LogP contribution in [0.5, 0.6) is 5.75 Å². The van der Waals surface area contributed by atoms with Crippen molar-refractivity contribution in [3.05, 3.63) is 72.3 Å². The average molecular weight is 558 g/mol. The lowest BCUT2D eigenvalue weighted by atomic mass is 10.0. The first-order valence-electron chi connectivity index (χ1n) is 13.5. The number of phenols is 1. The number of nitrogens with one attached hydrogen (secondary N) is 3. The number of nitrogens with zero attached hydrogens (tertiary/aromatic N) is 6. The summed E-state index contributed by atoms with van der Waals surface area (Å²) in [5.74, 6) is 0.731. The maximum atomic E-state index is 12.6. The van der Waals surface area contributed by atoms with E-state index in [1.807, 2.05) is 34.7 Å². The molecule has 13 heteroatoms. The van der Waals surface area contributed by atoms with Gasteiger partial charge >= 0.3 is 0 Å². The highest BCUT2D eigenvalue weighted by Crippen LogP contribution is 2.29. The molecular weight excluding hydrogens is 522 g/mol. The molecule has 2 atom stereocenters. The number of hydrogen-bond donors (Lipinski definition) is 6. The van der Waals surface area contributed by atoms with E-state index >= 15 is 0 Å². The van der Waals surface area contributed by atoms with Crippen molar-refractivity contribution in [2.45, 2.75) is 38.4 Å². The molecule has 0 radical (unpaired) electrons. The number of carbonyl (C=O) groups is 1. The number of imidazole rings is 1. The van der Waals surface area contributed by atoms with Crippen LogP contribution in [0.15, 0.2) is 61.2 Å². The van der Waals surface area contributed by atoms with Crippen molar-refractivity contribution >= 4 is 35.1 Å². The quantitative estimate of drug-likeness (QED) is 0.124. The molecule has 4 aromatic rings. The zero-order valence-corrected chi connectivity index (χ0v) is 22.9. The lowest BCUT2D eigenvalue weighted by Gasteiger charge is -2.34. The van der Waals surface area contributed by atoms with Crippen molar-refractivity contribution < 1.29 is 9.90 Å². The van der Waals surface area contributed by atoms with E-state index in [1.54, 1.807) is 36.8 Å². The molecule has 1 amide bonds. The van der Waals surface area contributed by atoms with E-state index in [0.29, 0.717) is 42.8 Å². The van der Waals surface area contributed by atoms with E-state index < -0.39 is 0 Å². The summed E-state index contributed by atoms with van der Waals surface area (Å²) in [6, 6.07) is 11.9. The van der Waals surface area contributed by atoms with E-state index in [0.717, 1.165) is 24.9 Å². The normalized spacial score (nSPS) is 16.8. The number of aryl methyl sites for hydroxylation is 2. The summed E-state index contributed by atoms with van der Waals surface area (Å²) in [5, 5.41) is 19.8. The van der Waals surface area contributed by atoms with Gasteiger partial charge in [-0.2, -0.15) is 15.0 Å². The number of phenolic OH excluding ortho intramolecular Hbond substituents is 1. The largest absolute Gasteiger partial charge is 0.506 e. The number of rotatable bonds is 10. The average Bonchev–Trinajstić information content (AvgIpc) is 3.46. The van der Waals surface area contributed by atoms with Crippen LogP contribution >= 0.6 is 0 Å². The molecule has 41 heavy (non-hydrogen) atoms. The maximum absolute atomic E-state index is 12.6. The van der Waals surface area contributed by atoms with Gasteiger partial charge in [-0.3, -0.25) is 4.79 Å². The Morgan fingerprint density at radius 3 is 2.51 bits per heavy atom. The van der Waals surface area contributed by atoms with Crippen molar-refractivity contribution in [1.82, 2.24) is 24.5 Å². The Morgan fingerprint density at radius 1 is 1.05 bits per heavy atom. The fourth-order valence-electron chi connectivity index (χ4n) is 4.61. The van der Waals surface area contributed by atoms with Crippen LogP contribution in [0.1, 0.15) is 28.8 Å². The second kappa shape index (κ2) is 12.6. The minimum Gasteiger partial charge on any atom is -0.506 e. The van der Waals surface area contributed by atoms with Gasteiger partial charge in [-0.1, -0.05) is 17.7 Å². The number of nitrogens with two attached hydrogens (primary N) is 2. The van der Waals surface area contributed by atoms with Gasteiger partial charge in [-0.05, 0) is 44.0 Å². The minimum atomic E-state index is -0.315. The summed E-state index contributed by atoms with van der Waals surface area (Å²) in [6.07, 6.45) is 7.02. The predicted molar refractivity (Wildman–Crippen MR) is 158 cm³/mol. The summed E-state index contributed by atoms with van der Waals surface area (Å²) in [5.41, 5.74) is 14.8. The molecule has 5 rings (SSSR count). The molecular formula is C28H35N11O2. The molecule has 0 bridgehead atoms. The summed E-state index contributed by atoms with van der Waals surface area (Å²) in [4.78, 5) is 32.4. The van der Waals surface area contributed by atoms with Crippen molar-refractivity contribution in [2.75, 3.05) is 40.5 Å². The van der Waals surface area contributed by atoms with Crippen LogP contribution in [0.4, 0.5) is 29.2 Å². The summed E-state index contributed by atoms with van der Waals surface area (Å²) in [7, 11) is 0. The standard InChI is InChI=1S/C28H35N11O2/c1-18-3-5-19(6-4-18)25(41)34-23-8-7-22(14-24(23)40)33-27-35-26(32-9-2-11-38-12-10-31-17-38)36-28(37-27)39-15-20(29)13-21(30)16-39/h3-8,10,12,14,17,20-21,40H,2,9,11,13,15-16,29-30H2,1H3,(H,34,41)(H2,32,33,35,36,37)/t20-,21+. The monoisotopic (exact) mass is 557 g/mol. The molecule has 0 unspecified atom stereocenters. The van der Waals surface area contributed by atoms with Crippen molar-refractivity contribution in [3.8, 4) is 5.75 Å². The van der Waals surface area contributed by atoms with Crippen LogP contribution in [0.25, 0.3) is 0 Å². The number of benzene rings is 2. The third-order valence-electron chi connectivity index (χ3n) is 6.67. The van der Waals surface area contributed by atoms with E-state index in [2.05, 4.69) is 35.9 Å². The Hall–Kier alpha value is -4.75. The highest BCUT2D eigenvalue weighted by atomic mass is 16.3. The highest BCUT2D eigenvalue weighted by molar-refractivity contribution is 6.05. The van der Waals surface area contributed by atoms with Crippen LogP contribution in [0.2, 0.25) is 0 Å². The van der Waals surface area contributed by atoms with E-state index in [1.165, 1.54) is 6.07 Å². The Kier molecular flexibility index (Phi) is 8.56. The molecule has 214 valence electrons. The van der Waals surface area contributed by atoms with Crippen LogP contribution in [-0.2, 0) is 6.54 Å². The van der Waals surface area contributed by atoms with Gasteiger partial charge in [0.1, 0.15) is 5.75 Å². The lowest BCUT2D eigenvalue weighted by molar-refractivity contribution is 0.102. The third-order valence-corrected chi connectivity index (χ3v) is 6.67. The molecule has 0 aliphatic carbocycles. The fraction of sp³-hybridized carbons (Fsp3) is 0.321. The van der Waals surface area contributed by atoms with Crippen molar-refractivity contribution in [3.63, 3.8) is 0 Å². The molecule has 1 fully saturated rings. The number of aromatic nitrogens is 5. The first-order valence-corrected chi connectivity index (χ1v) is 13.5. The molecule has 2 aromatic carbocycles. The van der Waals surface area contributed by atoms with E-state index in [-0.39, 0.29) is 35.4 Å². The molecule has 3 heterocycles. The second-order valence-electron chi connectivity index (χ2n) is 10.2. The third kappa shape index (κ3) is 7.47. The minimum absolute atomic E-state index is 0.0851. The SMILES string of the molecule is Cc1ccc(C(=O)Nc2ccc(Nc3nc(NCCCn4ccnc4)nc(N4C[C@H](N)C[C@H](N)C4)n3)cc2O)cc1. The first kappa shape index (κ1) is 27.8. The maximum Gasteiger partial charge on any atom is 0.255 e. The van der Waals surface area contributed by atoms with Gasteiger partial charge in [-0.15, -0.1) is 0 Å². The molecule has 0 saturated carbocycles. The van der Waals surface area contributed by atoms with Crippen LogP contribution < -0.4 is 32.3 Å². The van der Waals surface area contributed by atoms with E-state index in [9.17, 15) is 9.90 Å². The first-order chi connectivity index (χ1) is 19.8. The summed E-state index contributed by atoms with van der Waals surface area (Å²) >= 11 is 0. The molecule has 2 aromatic heterocycles. The summed E-state index contributed by atoms with van der Waals surface area (Å²) < 4.78 is 2.00. The predicted octanol–water partition coefficient (Wildman–Crippen LogP) is 2.44. The van der Waals surface area contributed by atoms with Crippen LogP contribution in [0, 0.1) is 6.92 Å². The van der Waals surface area contributed by atoms with Crippen molar-refractivity contribution in [2.24, 2.45) is 11.5 Å². The topological polar surface area (TPSA) is 185 Å². The molecule has 13 nitrogen and oxygen atoms in total. The van der Waals surface area contributed by atoms with Gasteiger partial charge in [0.25, 0.3) is 5.91 Å². The van der Waals surface area contributed by atoms with Gasteiger partial charge in [0.15, 0.2) is 0 Å². The van der Waals surface area contributed by atoms with Gasteiger partial charge in [0.05, 0.1) is 12.0 Å². The molecule has 1 aliphatic heterocycles. The molecule has 1 aliphatic rings. The van der Waals surface area contributed by atoms with Gasteiger partial charge in [-0.25, -0.2) is 4.98 Å². The molecule has 0 spiro atoms. The Bertz CT molecular complexity index is 1450. The van der Waals surface area contributed by atoms with E-state index in [4.69, 9.17) is 11.5 Å². The fourth-order valence-corrected chi connectivity index (χ4v) is 4.61. The number of aromatic hydroxyl groups is 1. The van der Waals surface area contributed by atoms with Crippen LogP contribution in [-0.4, -0.2) is 67.2 Å². The number of hydrogen-bond acceptors (Lipinski definition) is 11. The number of anilines is 5. The van der Waals surface area contributed by atoms with Gasteiger partial charge in [0.2, 0.25) is 17.8 Å². The smallest absolute Gasteiger partial charge is 0.255 e. The van der Waals surface area contributed by atoms with Gasteiger partial charge < -0.3 is 42.0 Å². The number of amides is 1. The molecule has 1 saturated heterocycles. The second-order valence-corrected chi connectivity index (χ2v) is 10.2. The number of piperidine rings is 1. The lowest BCUT2D eigenvalue weighted by Crippen LogP contribution is -2.52. The zero-order chi connectivity index (χ0) is 28.8. The Morgan fingerprint density at radius 2 is 1.80 bits per heavy atom. The highest BCUT2D eigenvalue weighted by Gasteiger charge is 2.25. The van der Waals surface area contributed by atoms with Crippen LogP contribution in [0.3, 0.4) is 0 Å². The van der Waals surface area contributed by atoms with Crippen molar-refractivity contribution in [1.29, 1.82) is 0 Å². The molecule has 8 N–H and O–H groups in total. The Labute approximate surface area is 238 Å². The number of carbonyl (C=O) groups excluding carboxylic acids is 1. The zero-order valence-electron chi connectivity index (χ0n) is 22.9. The Balaban J connectivity index is 1.30. The summed E-state index contributed by atoms with van der Waals surface area (Å²) in [6.45, 7) is 4.54.